The lowest BCUT2D eigenvalue weighted by Crippen LogP contribution is -2.47. The molecule has 0 aliphatic carbocycles. The molecule has 1 saturated heterocycles. The van der Waals surface area contributed by atoms with E-state index in [1.165, 1.54) is 5.56 Å². The van der Waals surface area contributed by atoms with Crippen LogP contribution in [0.2, 0.25) is 0 Å². The van der Waals surface area contributed by atoms with Gasteiger partial charge in [0.05, 0.1) is 19.3 Å². The van der Waals surface area contributed by atoms with Gasteiger partial charge < -0.3 is 9.47 Å². The van der Waals surface area contributed by atoms with Gasteiger partial charge in [0.15, 0.2) is 0 Å². The van der Waals surface area contributed by atoms with Crippen LogP contribution in [0.1, 0.15) is 32.8 Å². The van der Waals surface area contributed by atoms with Gasteiger partial charge in [0, 0.05) is 25.7 Å². The molecule has 2 atom stereocenters. The van der Waals surface area contributed by atoms with E-state index in [1.807, 2.05) is 0 Å². The van der Waals surface area contributed by atoms with Gasteiger partial charge >= 0.3 is 0 Å². The molecule has 0 bridgehead atoms. The fourth-order valence-electron chi connectivity index (χ4n) is 3.34. The molecule has 0 aromatic heterocycles. The van der Waals surface area contributed by atoms with Crippen LogP contribution in [0, 0.1) is 5.92 Å². The van der Waals surface area contributed by atoms with E-state index in [4.69, 9.17) is 9.47 Å². The van der Waals surface area contributed by atoms with Gasteiger partial charge in [-0.25, -0.2) is 0 Å². The summed E-state index contributed by atoms with van der Waals surface area (Å²) in [6.07, 6.45) is 2.39. The molecule has 1 fully saturated rings. The molecule has 0 unspecified atom stereocenters. The zero-order chi connectivity index (χ0) is 15.8. The number of hydrogen-bond donors (Lipinski definition) is 0. The third-order valence-electron chi connectivity index (χ3n) is 4.50. The molecule has 0 N–H and O–H groups in total. The van der Waals surface area contributed by atoms with Gasteiger partial charge in [-0.1, -0.05) is 44.2 Å². The minimum atomic E-state index is 0.294. The highest BCUT2D eigenvalue weighted by molar-refractivity contribution is 5.15. The largest absolute Gasteiger partial charge is 0.379 e. The van der Waals surface area contributed by atoms with Crippen molar-refractivity contribution >= 4 is 0 Å². The van der Waals surface area contributed by atoms with E-state index in [-0.39, 0.29) is 0 Å². The summed E-state index contributed by atoms with van der Waals surface area (Å²) < 4.78 is 11.6. The van der Waals surface area contributed by atoms with E-state index in [9.17, 15) is 0 Å². The molecule has 124 valence electrons. The zero-order valence-corrected chi connectivity index (χ0v) is 14.3. The normalized spacial score (nSPS) is 19.3. The number of morpholine rings is 1. The average Bonchev–Trinajstić information content (AvgIpc) is 2.54. The topological polar surface area (TPSA) is 21.7 Å². The van der Waals surface area contributed by atoms with Crippen molar-refractivity contribution in [3.8, 4) is 0 Å². The molecule has 1 heterocycles. The predicted octanol–water partition coefficient (Wildman–Crippen LogP) is 3.38. The van der Waals surface area contributed by atoms with E-state index in [0.717, 1.165) is 45.8 Å². The number of benzene rings is 1. The van der Waals surface area contributed by atoms with Crippen LogP contribution < -0.4 is 0 Å². The molecule has 0 radical (unpaired) electrons. The molecule has 3 nitrogen and oxygen atoms in total. The first-order valence-corrected chi connectivity index (χ1v) is 8.68. The second kappa shape index (κ2) is 9.29. The minimum absolute atomic E-state index is 0.294. The standard InChI is InChI=1S/C19H31NO2/c1-4-22-18(14-17-8-6-5-7-9-17)15-19(16(2)3)20-10-12-21-13-11-20/h5-9,16,18-19H,4,10-15H2,1-3H3/t18-,19-/m1/s1. The summed E-state index contributed by atoms with van der Waals surface area (Å²) >= 11 is 0. The van der Waals surface area contributed by atoms with Crippen LogP contribution in [0.15, 0.2) is 30.3 Å². The molecular formula is C19H31NO2. The summed E-state index contributed by atoms with van der Waals surface area (Å²) in [6, 6.07) is 11.3. The first kappa shape index (κ1) is 17.5. The number of nitrogens with zero attached hydrogens (tertiary/aromatic N) is 1. The summed E-state index contributed by atoms with van der Waals surface area (Å²) in [7, 11) is 0. The first-order valence-electron chi connectivity index (χ1n) is 8.68. The molecule has 0 spiro atoms. The van der Waals surface area contributed by atoms with Gasteiger partial charge in [0.1, 0.15) is 0 Å². The Morgan fingerprint density at radius 1 is 1.14 bits per heavy atom. The molecule has 2 rings (SSSR count). The van der Waals surface area contributed by atoms with Crippen LogP contribution in [-0.2, 0) is 15.9 Å². The maximum absolute atomic E-state index is 6.06. The lowest BCUT2D eigenvalue weighted by molar-refractivity contribution is -0.0210. The van der Waals surface area contributed by atoms with E-state index in [1.54, 1.807) is 0 Å². The van der Waals surface area contributed by atoms with Crippen molar-refractivity contribution in [2.75, 3.05) is 32.9 Å². The first-order chi connectivity index (χ1) is 10.7. The fourth-order valence-corrected chi connectivity index (χ4v) is 3.34. The van der Waals surface area contributed by atoms with Crippen molar-refractivity contribution in [3.63, 3.8) is 0 Å². The smallest absolute Gasteiger partial charge is 0.0630 e. The Morgan fingerprint density at radius 3 is 2.41 bits per heavy atom. The summed E-state index contributed by atoms with van der Waals surface area (Å²) in [5.74, 6) is 0.636. The third kappa shape index (κ3) is 5.38. The Bertz CT molecular complexity index is 401. The lowest BCUT2D eigenvalue weighted by Gasteiger charge is -2.38. The quantitative estimate of drug-likeness (QED) is 0.735. The predicted molar refractivity (Wildman–Crippen MR) is 91.2 cm³/mol. The number of hydrogen-bond acceptors (Lipinski definition) is 3. The molecule has 22 heavy (non-hydrogen) atoms. The highest BCUT2D eigenvalue weighted by Gasteiger charge is 2.27. The lowest BCUT2D eigenvalue weighted by atomic mass is 9.93. The molecular weight excluding hydrogens is 274 g/mol. The Hall–Kier alpha value is -0.900. The van der Waals surface area contributed by atoms with E-state index in [0.29, 0.717) is 18.1 Å². The molecule has 0 saturated carbocycles. The van der Waals surface area contributed by atoms with Crippen LogP contribution in [0.4, 0.5) is 0 Å². The van der Waals surface area contributed by atoms with Crippen LogP contribution in [0.5, 0.6) is 0 Å². The second-order valence-corrected chi connectivity index (χ2v) is 6.46. The number of rotatable bonds is 8. The highest BCUT2D eigenvalue weighted by atomic mass is 16.5. The van der Waals surface area contributed by atoms with Gasteiger partial charge in [-0.15, -0.1) is 0 Å². The van der Waals surface area contributed by atoms with Crippen LogP contribution in [-0.4, -0.2) is 50.0 Å². The van der Waals surface area contributed by atoms with Crippen LogP contribution in [0.25, 0.3) is 0 Å². The SMILES string of the molecule is CCO[C@H](Cc1ccccc1)C[C@H](C(C)C)N1CCOCC1. The number of ether oxygens (including phenoxy) is 2. The van der Waals surface area contributed by atoms with Gasteiger partial charge in [-0.2, -0.15) is 0 Å². The molecule has 0 amide bonds. The molecule has 1 aromatic carbocycles. The van der Waals surface area contributed by atoms with Crippen molar-refractivity contribution < 1.29 is 9.47 Å². The second-order valence-electron chi connectivity index (χ2n) is 6.46. The average molecular weight is 305 g/mol. The maximum Gasteiger partial charge on any atom is 0.0630 e. The molecule has 3 heteroatoms. The van der Waals surface area contributed by atoms with E-state index >= 15 is 0 Å². The van der Waals surface area contributed by atoms with Gasteiger partial charge in [0.2, 0.25) is 0 Å². The van der Waals surface area contributed by atoms with E-state index < -0.39 is 0 Å². The fraction of sp³-hybridized carbons (Fsp3) is 0.684. The summed E-state index contributed by atoms with van der Waals surface area (Å²) in [6.45, 7) is 11.3. The Balaban J connectivity index is 1.99. The zero-order valence-electron chi connectivity index (χ0n) is 14.3. The summed E-state index contributed by atoms with van der Waals surface area (Å²) in [5, 5.41) is 0. The summed E-state index contributed by atoms with van der Waals surface area (Å²) in [4.78, 5) is 2.59. The third-order valence-corrected chi connectivity index (χ3v) is 4.50. The van der Waals surface area contributed by atoms with Gasteiger partial charge in [-0.05, 0) is 31.2 Å². The highest BCUT2D eigenvalue weighted by Crippen LogP contribution is 2.21. The van der Waals surface area contributed by atoms with Crippen molar-refractivity contribution in [3.05, 3.63) is 35.9 Å². The minimum Gasteiger partial charge on any atom is -0.379 e. The van der Waals surface area contributed by atoms with Crippen molar-refractivity contribution in [1.82, 2.24) is 4.90 Å². The maximum atomic E-state index is 6.06. The van der Waals surface area contributed by atoms with Crippen molar-refractivity contribution in [2.45, 2.75) is 45.8 Å². The Morgan fingerprint density at radius 2 is 1.82 bits per heavy atom. The molecule has 1 aliphatic heterocycles. The molecule has 1 aliphatic rings. The van der Waals surface area contributed by atoms with Gasteiger partial charge in [-0.3, -0.25) is 4.90 Å². The van der Waals surface area contributed by atoms with Crippen molar-refractivity contribution in [1.29, 1.82) is 0 Å². The summed E-state index contributed by atoms with van der Waals surface area (Å²) in [5.41, 5.74) is 1.37. The van der Waals surface area contributed by atoms with Crippen LogP contribution >= 0.6 is 0 Å². The monoisotopic (exact) mass is 305 g/mol. The Labute approximate surface area is 135 Å². The van der Waals surface area contributed by atoms with Crippen LogP contribution in [0.3, 0.4) is 0 Å². The molecule has 1 aromatic rings. The van der Waals surface area contributed by atoms with Crippen molar-refractivity contribution in [2.24, 2.45) is 5.92 Å². The van der Waals surface area contributed by atoms with Gasteiger partial charge in [0.25, 0.3) is 0 Å². The van der Waals surface area contributed by atoms with E-state index in [2.05, 4.69) is 56.0 Å². The Kier molecular flexibility index (Phi) is 7.37.